The highest BCUT2D eigenvalue weighted by Crippen LogP contribution is 2.67. The number of benzene rings is 2. The Bertz CT molecular complexity index is 1160. The van der Waals surface area contributed by atoms with Crippen molar-refractivity contribution in [3.05, 3.63) is 59.7 Å². The van der Waals surface area contributed by atoms with Crippen LogP contribution < -0.4 is 10.6 Å². The van der Waals surface area contributed by atoms with Crippen LogP contribution >= 0.6 is 0 Å². The zero-order valence-corrected chi connectivity index (χ0v) is 21.9. The number of nitrogens with one attached hydrogen (secondary N) is 2. The lowest BCUT2D eigenvalue weighted by atomic mass is 9.43. The smallest absolute Gasteiger partial charge is 0.339 e. The summed E-state index contributed by atoms with van der Waals surface area (Å²) in [5, 5.41) is 5.89. The average molecular weight is 519 g/mol. The van der Waals surface area contributed by atoms with Gasteiger partial charge in [-0.05, 0) is 85.5 Å². The van der Waals surface area contributed by atoms with Gasteiger partial charge < -0.3 is 20.1 Å². The summed E-state index contributed by atoms with van der Waals surface area (Å²) in [6.07, 6.45) is 6.67. The van der Waals surface area contributed by atoms with Gasteiger partial charge in [-0.3, -0.25) is 9.59 Å². The lowest BCUT2D eigenvalue weighted by Gasteiger charge is -2.62. The van der Waals surface area contributed by atoms with Crippen LogP contribution in [0, 0.1) is 22.7 Å². The molecule has 2 aromatic carbocycles. The van der Waals surface area contributed by atoms with Crippen molar-refractivity contribution < 1.29 is 28.7 Å². The van der Waals surface area contributed by atoms with Gasteiger partial charge in [-0.1, -0.05) is 24.3 Å². The molecule has 4 fully saturated rings. The molecule has 0 saturated heterocycles. The van der Waals surface area contributed by atoms with Crippen LogP contribution in [0.3, 0.4) is 0 Å². The van der Waals surface area contributed by atoms with E-state index in [2.05, 4.69) is 10.6 Å². The number of hydrogen-bond acceptors (Lipinski definition) is 6. The van der Waals surface area contributed by atoms with Crippen molar-refractivity contribution in [3.63, 3.8) is 0 Å². The largest absolute Gasteiger partial charge is 0.465 e. The molecule has 0 radical (unpaired) electrons. The SMILES string of the molecule is COC(=O)c1ccccc1NC(=O)CC12CC3CC(C1)CC(CC(=O)Nc1ccccc1C(=O)OC)(C3)C2. The van der Waals surface area contributed by atoms with Gasteiger partial charge in [-0.25, -0.2) is 9.59 Å². The molecule has 38 heavy (non-hydrogen) atoms. The summed E-state index contributed by atoms with van der Waals surface area (Å²) in [6, 6.07) is 13.7. The Hall–Kier alpha value is -3.68. The van der Waals surface area contributed by atoms with Gasteiger partial charge in [0.2, 0.25) is 11.8 Å². The molecular formula is C30H34N2O6. The highest BCUT2D eigenvalue weighted by molar-refractivity contribution is 6.02. The van der Waals surface area contributed by atoms with E-state index in [0.29, 0.717) is 47.2 Å². The minimum absolute atomic E-state index is 0.116. The molecule has 6 rings (SSSR count). The summed E-state index contributed by atoms with van der Waals surface area (Å²) in [5.74, 6) is -0.211. The number of esters is 2. The number of methoxy groups -OCH3 is 2. The number of anilines is 2. The Kier molecular flexibility index (Phi) is 6.99. The van der Waals surface area contributed by atoms with E-state index in [0.717, 1.165) is 38.5 Å². The van der Waals surface area contributed by atoms with Crippen LogP contribution in [0.5, 0.6) is 0 Å². The van der Waals surface area contributed by atoms with E-state index in [1.165, 1.54) is 14.2 Å². The lowest BCUT2D eigenvalue weighted by molar-refractivity contribution is -0.142. The summed E-state index contributed by atoms with van der Waals surface area (Å²) in [6.45, 7) is 0. The third-order valence-corrected chi connectivity index (χ3v) is 8.59. The van der Waals surface area contributed by atoms with E-state index >= 15 is 0 Å². The maximum atomic E-state index is 13.3. The molecule has 200 valence electrons. The lowest BCUT2D eigenvalue weighted by Crippen LogP contribution is -2.53. The molecule has 0 aromatic heterocycles. The van der Waals surface area contributed by atoms with E-state index < -0.39 is 11.9 Å². The standard InChI is InChI=1S/C30H34N2O6/c1-37-27(35)21-7-3-5-9-23(21)31-25(33)16-29-12-19-11-20(13-29)15-30(14-19,18-29)17-26(34)32-24-10-6-4-8-22(24)28(36)38-2/h3-10,19-20H,11-18H2,1-2H3,(H,31,33)(H,32,34). The monoisotopic (exact) mass is 518 g/mol. The first-order valence-corrected chi connectivity index (χ1v) is 13.2. The molecule has 2 aromatic rings. The highest BCUT2D eigenvalue weighted by atomic mass is 16.5. The zero-order valence-electron chi connectivity index (χ0n) is 21.9. The second kappa shape index (κ2) is 10.2. The quantitative estimate of drug-likeness (QED) is 0.465. The topological polar surface area (TPSA) is 111 Å². The predicted molar refractivity (Wildman–Crippen MR) is 142 cm³/mol. The van der Waals surface area contributed by atoms with Gasteiger partial charge in [0.25, 0.3) is 0 Å². The fourth-order valence-corrected chi connectivity index (χ4v) is 7.89. The van der Waals surface area contributed by atoms with Crippen LogP contribution in [-0.4, -0.2) is 38.0 Å². The molecule has 8 heteroatoms. The Morgan fingerprint density at radius 1 is 0.711 bits per heavy atom. The van der Waals surface area contributed by atoms with Gasteiger partial charge in [0.1, 0.15) is 0 Å². The first-order chi connectivity index (χ1) is 18.2. The van der Waals surface area contributed by atoms with Crippen LogP contribution in [0.25, 0.3) is 0 Å². The van der Waals surface area contributed by atoms with Crippen molar-refractivity contribution in [2.24, 2.45) is 22.7 Å². The highest BCUT2D eigenvalue weighted by Gasteiger charge is 2.58. The van der Waals surface area contributed by atoms with Crippen molar-refractivity contribution in [3.8, 4) is 0 Å². The molecule has 4 saturated carbocycles. The molecule has 2 amide bonds. The number of para-hydroxylation sites is 2. The minimum atomic E-state index is -0.491. The van der Waals surface area contributed by atoms with E-state index in [4.69, 9.17) is 9.47 Å². The summed E-state index contributed by atoms with van der Waals surface area (Å²) < 4.78 is 9.72. The Balaban J connectivity index is 1.29. The predicted octanol–water partition coefficient (Wildman–Crippen LogP) is 5.20. The average Bonchev–Trinajstić information content (AvgIpc) is 2.86. The van der Waals surface area contributed by atoms with Crippen LogP contribution in [0.15, 0.2) is 48.5 Å². The molecule has 8 nitrogen and oxygen atoms in total. The molecule has 4 aliphatic rings. The van der Waals surface area contributed by atoms with E-state index in [-0.39, 0.29) is 22.6 Å². The first kappa shape index (κ1) is 25.9. The van der Waals surface area contributed by atoms with Gasteiger partial charge in [0.15, 0.2) is 0 Å². The molecule has 0 spiro atoms. The molecule has 4 bridgehead atoms. The fraction of sp³-hybridized carbons (Fsp3) is 0.467. The molecule has 0 unspecified atom stereocenters. The van der Waals surface area contributed by atoms with Crippen molar-refractivity contribution in [1.29, 1.82) is 0 Å². The summed E-state index contributed by atoms with van der Waals surface area (Å²) in [5.41, 5.74) is 1.25. The van der Waals surface area contributed by atoms with Gasteiger partial charge in [0, 0.05) is 12.8 Å². The van der Waals surface area contributed by atoms with Gasteiger partial charge >= 0.3 is 11.9 Å². The zero-order chi connectivity index (χ0) is 26.9. The van der Waals surface area contributed by atoms with E-state index in [1.807, 2.05) is 0 Å². The summed E-state index contributed by atoms with van der Waals surface area (Å²) in [4.78, 5) is 50.8. The molecule has 4 aliphatic carbocycles. The molecule has 0 atom stereocenters. The normalized spacial score (nSPS) is 26.9. The summed E-state index contributed by atoms with van der Waals surface area (Å²) >= 11 is 0. The van der Waals surface area contributed by atoms with Crippen molar-refractivity contribution in [2.45, 2.75) is 51.4 Å². The Morgan fingerprint density at radius 3 is 1.50 bits per heavy atom. The van der Waals surface area contributed by atoms with Crippen molar-refractivity contribution >= 4 is 35.1 Å². The Labute approximate surface area is 222 Å². The maximum absolute atomic E-state index is 13.3. The number of hydrogen-bond donors (Lipinski definition) is 2. The van der Waals surface area contributed by atoms with Crippen LogP contribution in [0.1, 0.15) is 72.1 Å². The molecular weight excluding hydrogens is 484 g/mol. The minimum Gasteiger partial charge on any atom is -0.465 e. The van der Waals surface area contributed by atoms with Gasteiger partial charge in [-0.2, -0.15) is 0 Å². The second-order valence-electron chi connectivity index (χ2n) is 11.5. The van der Waals surface area contributed by atoms with E-state index in [9.17, 15) is 19.2 Å². The molecule has 0 aliphatic heterocycles. The van der Waals surface area contributed by atoms with Crippen LogP contribution in [0.2, 0.25) is 0 Å². The second-order valence-corrected chi connectivity index (χ2v) is 11.5. The van der Waals surface area contributed by atoms with Crippen LogP contribution in [-0.2, 0) is 19.1 Å². The van der Waals surface area contributed by atoms with Gasteiger partial charge in [-0.15, -0.1) is 0 Å². The Morgan fingerprint density at radius 2 is 1.11 bits per heavy atom. The van der Waals surface area contributed by atoms with Crippen LogP contribution in [0.4, 0.5) is 11.4 Å². The number of rotatable bonds is 8. The number of carbonyl (C=O) groups is 4. The number of carbonyl (C=O) groups excluding carboxylic acids is 4. The maximum Gasteiger partial charge on any atom is 0.339 e. The van der Waals surface area contributed by atoms with Gasteiger partial charge in [0.05, 0.1) is 36.7 Å². The van der Waals surface area contributed by atoms with E-state index in [1.54, 1.807) is 48.5 Å². The number of amides is 2. The fourth-order valence-electron chi connectivity index (χ4n) is 7.89. The third-order valence-electron chi connectivity index (χ3n) is 8.59. The third kappa shape index (κ3) is 5.17. The van der Waals surface area contributed by atoms with Crippen molar-refractivity contribution in [2.75, 3.05) is 24.9 Å². The summed E-state index contributed by atoms with van der Waals surface area (Å²) in [7, 11) is 2.64. The molecule has 2 N–H and O–H groups in total. The number of ether oxygens (including phenoxy) is 2. The first-order valence-electron chi connectivity index (χ1n) is 13.2. The molecule has 0 heterocycles. The van der Waals surface area contributed by atoms with Crippen molar-refractivity contribution in [1.82, 2.24) is 0 Å².